The van der Waals surface area contributed by atoms with Gasteiger partial charge in [0.1, 0.15) is 5.82 Å². The molecule has 1 fully saturated rings. The first-order chi connectivity index (χ1) is 14.0. The van der Waals surface area contributed by atoms with Crippen LogP contribution in [-0.4, -0.2) is 39.0 Å². The molecule has 8 nitrogen and oxygen atoms in total. The molecule has 1 amide bonds. The number of nitro groups is 1. The minimum absolute atomic E-state index is 0.0193. The Kier molecular flexibility index (Phi) is 5.03. The summed E-state index contributed by atoms with van der Waals surface area (Å²) in [6, 6.07) is 11.6. The van der Waals surface area contributed by atoms with Crippen LogP contribution >= 0.6 is 0 Å². The maximum atomic E-state index is 13.1. The molecule has 2 heterocycles. The van der Waals surface area contributed by atoms with Crippen molar-refractivity contribution >= 4 is 11.6 Å². The van der Waals surface area contributed by atoms with Gasteiger partial charge in [-0.15, -0.1) is 0 Å². The predicted octanol–water partition coefficient (Wildman–Crippen LogP) is 3.80. The van der Waals surface area contributed by atoms with Crippen molar-refractivity contribution in [3.63, 3.8) is 0 Å². The number of halogens is 1. The molecule has 0 spiro atoms. The third kappa shape index (κ3) is 3.98. The Labute approximate surface area is 165 Å². The predicted molar refractivity (Wildman–Crippen MR) is 101 cm³/mol. The van der Waals surface area contributed by atoms with E-state index in [1.807, 2.05) is 0 Å². The Morgan fingerprint density at radius 1 is 1.17 bits per heavy atom. The lowest BCUT2D eigenvalue weighted by atomic mass is 9.96. The van der Waals surface area contributed by atoms with Crippen molar-refractivity contribution < 1.29 is 18.6 Å². The molecule has 1 aliphatic heterocycles. The Balaban J connectivity index is 1.41. The molecule has 0 aliphatic carbocycles. The number of carbonyl (C=O) groups is 1. The Morgan fingerprint density at radius 2 is 1.90 bits per heavy atom. The van der Waals surface area contributed by atoms with E-state index in [0.717, 1.165) is 0 Å². The summed E-state index contributed by atoms with van der Waals surface area (Å²) >= 11 is 0. The quantitative estimate of drug-likeness (QED) is 0.491. The van der Waals surface area contributed by atoms with Gasteiger partial charge in [-0.1, -0.05) is 11.2 Å². The van der Waals surface area contributed by atoms with E-state index in [0.29, 0.717) is 48.8 Å². The number of carbonyl (C=O) groups excluding carboxylic acids is 1. The van der Waals surface area contributed by atoms with Crippen molar-refractivity contribution in [3.8, 4) is 11.4 Å². The summed E-state index contributed by atoms with van der Waals surface area (Å²) in [4.78, 5) is 29.1. The lowest BCUT2D eigenvalue weighted by Gasteiger charge is -2.30. The van der Waals surface area contributed by atoms with Crippen LogP contribution in [0, 0.1) is 15.9 Å². The van der Waals surface area contributed by atoms with Gasteiger partial charge in [-0.2, -0.15) is 4.98 Å². The average Bonchev–Trinajstić information content (AvgIpc) is 3.24. The minimum atomic E-state index is -0.517. The number of nitrogens with zero attached hydrogens (tertiary/aromatic N) is 4. The normalized spacial score (nSPS) is 14.7. The number of amides is 1. The SMILES string of the molecule is O=C(c1cccc([N+](=O)[O-])c1)N1CCC(c2nc(-c3ccc(F)cc3)no2)CC1. The smallest absolute Gasteiger partial charge is 0.270 e. The van der Waals surface area contributed by atoms with Gasteiger partial charge in [0, 0.05) is 42.3 Å². The van der Waals surface area contributed by atoms with Gasteiger partial charge in [0.2, 0.25) is 11.7 Å². The van der Waals surface area contributed by atoms with Gasteiger partial charge in [-0.05, 0) is 43.2 Å². The van der Waals surface area contributed by atoms with Crippen molar-refractivity contribution in [2.45, 2.75) is 18.8 Å². The number of non-ortho nitro benzene ring substituents is 1. The van der Waals surface area contributed by atoms with Crippen molar-refractivity contribution in [3.05, 3.63) is 75.9 Å². The lowest BCUT2D eigenvalue weighted by Crippen LogP contribution is -2.38. The summed E-state index contributed by atoms with van der Waals surface area (Å²) in [5.74, 6) is 0.343. The highest BCUT2D eigenvalue weighted by molar-refractivity contribution is 5.94. The average molecular weight is 396 g/mol. The second-order valence-corrected chi connectivity index (χ2v) is 6.84. The Hall–Kier alpha value is -3.62. The molecule has 0 unspecified atom stereocenters. The van der Waals surface area contributed by atoms with Crippen LogP contribution in [0.3, 0.4) is 0 Å². The van der Waals surface area contributed by atoms with Crippen LogP contribution < -0.4 is 0 Å². The van der Waals surface area contributed by atoms with Crippen LogP contribution in [0.2, 0.25) is 0 Å². The van der Waals surface area contributed by atoms with E-state index in [9.17, 15) is 19.3 Å². The largest absolute Gasteiger partial charge is 0.339 e. The molecule has 0 bridgehead atoms. The van der Waals surface area contributed by atoms with E-state index in [4.69, 9.17) is 4.52 Å². The van der Waals surface area contributed by atoms with Crippen LogP contribution in [0.25, 0.3) is 11.4 Å². The van der Waals surface area contributed by atoms with Crippen molar-refractivity contribution in [2.75, 3.05) is 13.1 Å². The van der Waals surface area contributed by atoms with Gasteiger partial charge >= 0.3 is 0 Å². The van der Waals surface area contributed by atoms with E-state index < -0.39 is 4.92 Å². The van der Waals surface area contributed by atoms with Crippen molar-refractivity contribution in [1.82, 2.24) is 15.0 Å². The second-order valence-electron chi connectivity index (χ2n) is 6.84. The molecule has 1 aromatic heterocycles. The molecule has 148 valence electrons. The molecule has 2 aromatic carbocycles. The first-order valence-electron chi connectivity index (χ1n) is 9.14. The molecular weight excluding hydrogens is 379 g/mol. The molecule has 9 heteroatoms. The third-order valence-electron chi connectivity index (χ3n) is 4.98. The number of rotatable bonds is 4. The van der Waals surface area contributed by atoms with E-state index in [1.54, 1.807) is 23.1 Å². The summed E-state index contributed by atoms with van der Waals surface area (Å²) in [7, 11) is 0. The van der Waals surface area contributed by atoms with Gasteiger partial charge in [0.15, 0.2) is 0 Å². The van der Waals surface area contributed by atoms with Gasteiger partial charge < -0.3 is 9.42 Å². The van der Waals surface area contributed by atoms with E-state index >= 15 is 0 Å². The molecule has 0 radical (unpaired) electrons. The molecule has 29 heavy (non-hydrogen) atoms. The minimum Gasteiger partial charge on any atom is -0.339 e. The summed E-state index contributed by atoms with van der Waals surface area (Å²) in [5.41, 5.74) is 0.860. The van der Waals surface area contributed by atoms with E-state index in [1.165, 1.54) is 30.3 Å². The zero-order chi connectivity index (χ0) is 20.4. The van der Waals surface area contributed by atoms with Crippen LogP contribution in [0.4, 0.5) is 10.1 Å². The Morgan fingerprint density at radius 3 is 2.59 bits per heavy atom. The zero-order valence-electron chi connectivity index (χ0n) is 15.3. The number of hydrogen-bond acceptors (Lipinski definition) is 6. The zero-order valence-corrected chi connectivity index (χ0v) is 15.3. The first-order valence-corrected chi connectivity index (χ1v) is 9.14. The number of hydrogen-bond donors (Lipinski definition) is 0. The fourth-order valence-electron chi connectivity index (χ4n) is 3.38. The number of aromatic nitrogens is 2. The lowest BCUT2D eigenvalue weighted by molar-refractivity contribution is -0.384. The van der Waals surface area contributed by atoms with Gasteiger partial charge in [-0.3, -0.25) is 14.9 Å². The monoisotopic (exact) mass is 396 g/mol. The summed E-state index contributed by atoms with van der Waals surface area (Å²) in [6.07, 6.45) is 1.29. The maximum absolute atomic E-state index is 13.1. The van der Waals surface area contributed by atoms with Crippen molar-refractivity contribution in [2.24, 2.45) is 0 Å². The van der Waals surface area contributed by atoms with E-state index in [2.05, 4.69) is 10.1 Å². The number of nitro benzene ring substituents is 1. The van der Waals surface area contributed by atoms with Crippen molar-refractivity contribution in [1.29, 1.82) is 0 Å². The molecule has 3 aromatic rings. The second kappa shape index (κ2) is 7.78. The highest BCUT2D eigenvalue weighted by Crippen LogP contribution is 2.29. The Bertz CT molecular complexity index is 1040. The molecule has 0 saturated carbocycles. The van der Waals surface area contributed by atoms with Crippen LogP contribution in [-0.2, 0) is 0 Å². The van der Waals surface area contributed by atoms with Gasteiger partial charge in [-0.25, -0.2) is 4.39 Å². The molecule has 1 aliphatic rings. The number of benzene rings is 2. The summed E-state index contributed by atoms with van der Waals surface area (Å²) < 4.78 is 18.4. The number of likely N-dealkylation sites (tertiary alicyclic amines) is 1. The number of piperidine rings is 1. The maximum Gasteiger partial charge on any atom is 0.270 e. The van der Waals surface area contributed by atoms with Crippen LogP contribution in [0.5, 0.6) is 0 Å². The molecule has 0 N–H and O–H groups in total. The summed E-state index contributed by atoms with van der Waals surface area (Å²) in [6.45, 7) is 0.973. The van der Waals surface area contributed by atoms with Gasteiger partial charge in [0.05, 0.1) is 4.92 Å². The topological polar surface area (TPSA) is 102 Å². The first kappa shape index (κ1) is 18.7. The third-order valence-corrected chi connectivity index (χ3v) is 4.98. The summed E-state index contributed by atoms with van der Waals surface area (Å²) in [5, 5.41) is 14.9. The standard InChI is InChI=1S/C20H17FN4O4/c21-16-6-4-13(5-7-16)18-22-19(29-23-18)14-8-10-24(11-9-14)20(26)15-2-1-3-17(12-15)25(27)28/h1-7,12,14H,8-11H2. The molecule has 4 rings (SSSR count). The molecule has 1 saturated heterocycles. The fraction of sp³-hybridized carbons (Fsp3) is 0.250. The molecule has 0 atom stereocenters. The highest BCUT2D eigenvalue weighted by Gasteiger charge is 2.28. The molecular formula is C20H17FN4O4. The fourth-order valence-corrected chi connectivity index (χ4v) is 3.38. The van der Waals surface area contributed by atoms with Crippen LogP contribution in [0.1, 0.15) is 35.0 Å². The van der Waals surface area contributed by atoms with E-state index in [-0.39, 0.29) is 23.3 Å². The van der Waals surface area contributed by atoms with Crippen LogP contribution in [0.15, 0.2) is 53.1 Å². The highest BCUT2D eigenvalue weighted by atomic mass is 19.1. The van der Waals surface area contributed by atoms with Gasteiger partial charge in [0.25, 0.3) is 11.6 Å².